The van der Waals surface area contributed by atoms with Crippen LogP contribution in [0.4, 0.5) is 5.69 Å². The molecule has 0 aliphatic rings. The van der Waals surface area contributed by atoms with Crippen LogP contribution in [0.3, 0.4) is 0 Å². The van der Waals surface area contributed by atoms with Crippen molar-refractivity contribution < 1.29 is 14.8 Å². The number of nitro benzene ring substituents is 1. The Morgan fingerprint density at radius 2 is 1.83 bits per heavy atom. The van der Waals surface area contributed by atoms with E-state index in [2.05, 4.69) is 5.32 Å². The van der Waals surface area contributed by atoms with Gasteiger partial charge in [-0.1, -0.05) is 30.3 Å². The minimum atomic E-state index is -0.591. The van der Waals surface area contributed by atoms with Crippen LogP contribution in [-0.2, 0) is 6.42 Å². The van der Waals surface area contributed by atoms with Gasteiger partial charge in [0.25, 0.3) is 5.69 Å². The van der Waals surface area contributed by atoms with Crippen molar-refractivity contribution in [2.45, 2.75) is 12.5 Å². The quantitative estimate of drug-likeness (QED) is 0.421. The molecule has 1 atom stereocenters. The number of para-hydroxylation sites is 1. The summed E-state index contributed by atoms with van der Waals surface area (Å²) < 4.78 is 5.46. The van der Waals surface area contributed by atoms with Crippen LogP contribution in [0.1, 0.15) is 5.56 Å². The van der Waals surface area contributed by atoms with Gasteiger partial charge in [-0.25, -0.2) is 0 Å². The molecule has 0 radical (unpaired) electrons. The van der Waals surface area contributed by atoms with Crippen LogP contribution in [0, 0.1) is 10.1 Å². The number of non-ortho nitro benzene ring substituents is 1. The van der Waals surface area contributed by atoms with Crippen molar-refractivity contribution in [2.75, 3.05) is 19.7 Å². The minimum Gasteiger partial charge on any atom is -0.491 e. The SMILES string of the molecule is O=[N+]([O-])c1ccc(CCNCC(O)COc2ccccc2)cc1. The molecule has 0 fully saturated rings. The van der Waals surface area contributed by atoms with Gasteiger partial charge >= 0.3 is 0 Å². The third-order valence-corrected chi connectivity index (χ3v) is 3.30. The number of nitrogens with zero attached hydrogens (tertiary/aromatic N) is 1. The third kappa shape index (κ3) is 6.06. The van der Waals surface area contributed by atoms with Crippen molar-refractivity contribution in [1.82, 2.24) is 5.32 Å². The average molecular weight is 316 g/mol. The summed E-state index contributed by atoms with van der Waals surface area (Å²) >= 11 is 0. The molecule has 1 unspecified atom stereocenters. The number of rotatable bonds is 9. The first-order valence-corrected chi connectivity index (χ1v) is 7.45. The van der Waals surface area contributed by atoms with E-state index in [1.807, 2.05) is 30.3 Å². The summed E-state index contributed by atoms with van der Waals surface area (Å²) in [4.78, 5) is 10.2. The fourth-order valence-electron chi connectivity index (χ4n) is 2.05. The number of hydrogen-bond acceptors (Lipinski definition) is 5. The maximum atomic E-state index is 10.6. The number of hydrogen-bond donors (Lipinski definition) is 2. The lowest BCUT2D eigenvalue weighted by atomic mass is 10.1. The zero-order valence-electron chi connectivity index (χ0n) is 12.7. The second-order valence-electron chi connectivity index (χ2n) is 5.16. The molecule has 0 saturated heterocycles. The molecule has 0 aliphatic carbocycles. The van der Waals surface area contributed by atoms with Gasteiger partial charge < -0.3 is 15.2 Å². The number of ether oxygens (including phenoxy) is 1. The van der Waals surface area contributed by atoms with E-state index >= 15 is 0 Å². The second-order valence-corrected chi connectivity index (χ2v) is 5.16. The van der Waals surface area contributed by atoms with Gasteiger partial charge in [0.2, 0.25) is 0 Å². The summed E-state index contributed by atoms with van der Waals surface area (Å²) in [7, 11) is 0. The topological polar surface area (TPSA) is 84.6 Å². The molecule has 23 heavy (non-hydrogen) atoms. The first kappa shape index (κ1) is 16.9. The molecule has 0 spiro atoms. The summed E-state index contributed by atoms with van der Waals surface area (Å²) in [5.74, 6) is 0.734. The van der Waals surface area contributed by atoms with Crippen LogP contribution < -0.4 is 10.1 Å². The Morgan fingerprint density at radius 1 is 1.13 bits per heavy atom. The summed E-state index contributed by atoms with van der Waals surface area (Å²) in [5.41, 5.74) is 1.10. The van der Waals surface area contributed by atoms with Crippen LogP contribution in [0.15, 0.2) is 54.6 Å². The highest BCUT2D eigenvalue weighted by Gasteiger charge is 2.06. The Hall–Kier alpha value is -2.44. The van der Waals surface area contributed by atoms with E-state index in [4.69, 9.17) is 4.74 Å². The third-order valence-electron chi connectivity index (χ3n) is 3.30. The Morgan fingerprint density at radius 3 is 2.48 bits per heavy atom. The highest BCUT2D eigenvalue weighted by Crippen LogP contribution is 2.12. The average Bonchev–Trinajstić information content (AvgIpc) is 2.58. The number of nitrogens with one attached hydrogen (secondary N) is 1. The first-order chi connectivity index (χ1) is 11.1. The first-order valence-electron chi connectivity index (χ1n) is 7.45. The zero-order valence-corrected chi connectivity index (χ0v) is 12.7. The van der Waals surface area contributed by atoms with E-state index in [-0.39, 0.29) is 12.3 Å². The highest BCUT2D eigenvalue weighted by atomic mass is 16.6. The normalized spacial score (nSPS) is 11.9. The molecule has 0 bridgehead atoms. The summed E-state index contributed by atoms with van der Waals surface area (Å²) in [5, 5.41) is 23.6. The predicted molar refractivity (Wildman–Crippen MR) is 87.6 cm³/mol. The van der Waals surface area contributed by atoms with E-state index in [1.54, 1.807) is 12.1 Å². The molecule has 0 saturated carbocycles. The minimum absolute atomic E-state index is 0.0928. The van der Waals surface area contributed by atoms with E-state index in [0.29, 0.717) is 13.1 Å². The van der Waals surface area contributed by atoms with Crippen molar-refractivity contribution in [3.05, 3.63) is 70.3 Å². The van der Waals surface area contributed by atoms with Crippen molar-refractivity contribution in [2.24, 2.45) is 0 Å². The Balaban J connectivity index is 1.62. The van der Waals surface area contributed by atoms with Crippen molar-refractivity contribution in [1.29, 1.82) is 0 Å². The molecule has 0 aliphatic heterocycles. The molecule has 0 aromatic heterocycles. The van der Waals surface area contributed by atoms with Gasteiger partial charge in [0, 0.05) is 18.7 Å². The van der Waals surface area contributed by atoms with E-state index in [1.165, 1.54) is 12.1 Å². The van der Waals surface area contributed by atoms with Crippen LogP contribution in [0.5, 0.6) is 5.75 Å². The fourth-order valence-corrected chi connectivity index (χ4v) is 2.05. The molecule has 0 amide bonds. The summed E-state index contributed by atoms with van der Waals surface area (Å²) in [6, 6.07) is 15.8. The van der Waals surface area contributed by atoms with Crippen LogP contribution >= 0.6 is 0 Å². The van der Waals surface area contributed by atoms with E-state index in [9.17, 15) is 15.2 Å². The van der Waals surface area contributed by atoms with Crippen LogP contribution in [0.2, 0.25) is 0 Å². The molecule has 6 nitrogen and oxygen atoms in total. The maximum absolute atomic E-state index is 10.6. The molecule has 2 aromatic carbocycles. The predicted octanol–water partition coefficient (Wildman–Crippen LogP) is 2.17. The van der Waals surface area contributed by atoms with Crippen molar-refractivity contribution >= 4 is 5.69 Å². The van der Waals surface area contributed by atoms with Gasteiger partial charge in [-0.2, -0.15) is 0 Å². The summed E-state index contributed by atoms with van der Waals surface area (Å²) in [6.45, 7) is 1.34. The largest absolute Gasteiger partial charge is 0.491 e. The standard InChI is InChI=1S/C17H20N2O4/c20-16(13-23-17-4-2-1-3-5-17)12-18-11-10-14-6-8-15(9-7-14)19(21)22/h1-9,16,18,20H,10-13H2. The second kappa shape index (κ2) is 8.87. The highest BCUT2D eigenvalue weighted by molar-refractivity contribution is 5.32. The van der Waals surface area contributed by atoms with E-state index < -0.39 is 11.0 Å². The van der Waals surface area contributed by atoms with Gasteiger partial charge in [0.1, 0.15) is 18.5 Å². The molecule has 2 N–H and O–H groups in total. The molecule has 122 valence electrons. The van der Waals surface area contributed by atoms with Gasteiger partial charge in [-0.05, 0) is 30.7 Å². The monoisotopic (exact) mass is 316 g/mol. The smallest absolute Gasteiger partial charge is 0.269 e. The molecule has 6 heteroatoms. The number of aliphatic hydroxyl groups excluding tert-OH is 1. The van der Waals surface area contributed by atoms with E-state index in [0.717, 1.165) is 17.7 Å². The lowest BCUT2D eigenvalue weighted by molar-refractivity contribution is -0.384. The molecular weight excluding hydrogens is 296 g/mol. The molecular formula is C17H20N2O4. The van der Waals surface area contributed by atoms with Gasteiger partial charge in [-0.15, -0.1) is 0 Å². The number of nitro groups is 1. The Labute approximate surface area is 134 Å². The van der Waals surface area contributed by atoms with Crippen molar-refractivity contribution in [3.8, 4) is 5.75 Å². The van der Waals surface area contributed by atoms with Crippen LogP contribution in [0.25, 0.3) is 0 Å². The zero-order chi connectivity index (χ0) is 16.5. The van der Waals surface area contributed by atoms with Gasteiger partial charge in [-0.3, -0.25) is 10.1 Å². The number of benzene rings is 2. The van der Waals surface area contributed by atoms with Gasteiger partial charge in [0.05, 0.1) is 4.92 Å². The maximum Gasteiger partial charge on any atom is 0.269 e. The molecule has 0 heterocycles. The summed E-state index contributed by atoms with van der Waals surface area (Å²) in [6.07, 6.45) is 0.150. The lowest BCUT2D eigenvalue weighted by Gasteiger charge is -2.13. The molecule has 2 aromatic rings. The van der Waals surface area contributed by atoms with Gasteiger partial charge in [0.15, 0.2) is 0 Å². The Kier molecular flexibility index (Phi) is 6.53. The fraction of sp³-hybridized carbons (Fsp3) is 0.294. The lowest BCUT2D eigenvalue weighted by Crippen LogP contribution is -2.32. The molecule has 2 rings (SSSR count). The Bertz CT molecular complexity index is 602. The number of aliphatic hydroxyl groups is 1. The van der Waals surface area contributed by atoms with Crippen molar-refractivity contribution in [3.63, 3.8) is 0 Å². The van der Waals surface area contributed by atoms with Crippen LogP contribution in [-0.4, -0.2) is 35.8 Å².